The minimum absolute atomic E-state index is 0. The molecule has 0 aromatic carbocycles. The van der Waals surface area contributed by atoms with Crippen LogP contribution in [0.15, 0.2) is 0 Å². The number of aliphatic carboxylic acids is 1. The van der Waals surface area contributed by atoms with E-state index < -0.39 is 5.97 Å². The third-order valence-corrected chi connectivity index (χ3v) is 0.918. The summed E-state index contributed by atoms with van der Waals surface area (Å²) in [5.41, 5.74) is 0. The second-order valence-electron chi connectivity index (χ2n) is 1.38. The Balaban J connectivity index is 0. The predicted octanol–water partition coefficient (Wildman–Crippen LogP) is -0.115. The Labute approximate surface area is 92.3 Å². The molecule has 0 aliphatic rings. The van der Waals surface area contributed by atoms with Gasteiger partial charge in [0.15, 0.2) is 0 Å². The van der Waals surface area contributed by atoms with E-state index in [1.807, 2.05) is 0 Å². The van der Waals surface area contributed by atoms with E-state index in [1.165, 1.54) is 0 Å². The minimum Gasteiger partial charge on any atom is -0.481 e. The zero-order valence-electron chi connectivity index (χ0n) is 5.63. The van der Waals surface area contributed by atoms with E-state index >= 15 is 0 Å². The molecule has 6 heteroatoms. The van der Waals surface area contributed by atoms with Crippen LogP contribution in [0.3, 0.4) is 0 Å². The van der Waals surface area contributed by atoms with Crippen LogP contribution in [0.25, 0.3) is 0 Å². The van der Waals surface area contributed by atoms with Gasteiger partial charge in [-0.1, -0.05) is 12.2 Å². The molecule has 3 nitrogen and oxygen atoms in total. The SMILES string of the molecule is O=C(O)CCNC(=S)S.[Na]. The summed E-state index contributed by atoms with van der Waals surface area (Å²) in [6, 6.07) is 0. The Morgan fingerprint density at radius 1 is 1.70 bits per heavy atom. The first-order valence-corrected chi connectivity index (χ1v) is 3.17. The van der Waals surface area contributed by atoms with E-state index in [0.29, 0.717) is 10.9 Å². The van der Waals surface area contributed by atoms with Gasteiger partial charge >= 0.3 is 5.97 Å². The third kappa shape index (κ3) is 11.5. The van der Waals surface area contributed by atoms with Gasteiger partial charge in [-0.2, -0.15) is 0 Å². The van der Waals surface area contributed by atoms with Gasteiger partial charge in [0.25, 0.3) is 0 Å². The van der Waals surface area contributed by atoms with Crippen LogP contribution in [0.2, 0.25) is 0 Å². The number of carboxylic acid groups (broad SMARTS) is 1. The van der Waals surface area contributed by atoms with Crippen molar-refractivity contribution in [3.8, 4) is 0 Å². The molecule has 0 fully saturated rings. The van der Waals surface area contributed by atoms with Crippen molar-refractivity contribution >= 4 is 64.7 Å². The second kappa shape index (κ2) is 7.81. The summed E-state index contributed by atoms with van der Waals surface area (Å²) >= 11 is 8.24. The molecule has 0 rings (SSSR count). The van der Waals surface area contributed by atoms with Crippen molar-refractivity contribution in [1.29, 1.82) is 0 Å². The molecular weight excluding hydrogens is 181 g/mol. The molecule has 0 aromatic rings. The van der Waals surface area contributed by atoms with Crippen LogP contribution < -0.4 is 5.32 Å². The number of rotatable bonds is 3. The van der Waals surface area contributed by atoms with Gasteiger partial charge in [0.05, 0.1) is 6.42 Å². The van der Waals surface area contributed by atoms with E-state index in [0.717, 1.165) is 0 Å². The van der Waals surface area contributed by atoms with Crippen molar-refractivity contribution in [1.82, 2.24) is 5.32 Å². The molecule has 0 saturated carbocycles. The van der Waals surface area contributed by atoms with Crippen molar-refractivity contribution in [3.05, 3.63) is 0 Å². The number of thiol groups is 1. The molecule has 53 valence electrons. The molecule has 0 amide bonds. The van der Waals surface area contributed by atoms with Crippen molar-refractivity contribution in [2.24, 2.45) is 0 Å². The van der Waals surface area contributed by atoms with Crippen LogP contribution in [0, 0.1) is 0 Å². The van der Waals surface area contributed by atoms with Gasteiger partial charge in [-0.05, 0) is 0 Å². The summed E-state index contributed by atoms with van der Waals surface area (Å²) in [5, 5.41) is 10.7. The summed E-state index contributed by atoms with van der Waals surface area (Å²) in [5.74, 6) is -0.841. The fourth-order valence-electron chi connectivity index (χ4n) is 0.276. The number of carboxylic acids is 1. The summed E-state index contributed by atoms with van der Waals surface area (Å²) < 4.78 is 0.330. The zero-order valence-corrected chi connectivity index (χ0v) is 9.34. The van der Waals surface area contributed by atoms with E-state index in [-0.39, 0.29) is 36.0 Å². The maximum atomic E-state index is 9.87. The third-order valence-electron chi connectivity index (χ3n) is 0.615. The van der Waals surface area contributed by atoms with Crippen LogP contribution in [0.5, 0.6) is 0 Å². The first-order valence-electron chi connectivity index (χ1n) is 2.31. The van der Waals surface area contributed by atoms with E-state index in [1.54, 1.807) is 0 Å². The number of nitrogens with one attached hydrogen (secondary N) is 1. The van der Waals surface area contributed by atoms with Crippen LogP contribution in [0.1, 0.15) is 6.42 Å². The standard InChI is InChI=1S/C4H7NO2S2.Na/c6-3(7)1-2-5-4(8)9;/h1-2H2,(H,6,7)(H2,5,8,9);. The van der Waals surface area contributed by atoms with E-state index in [4.69, 9.17) is 5.11 Å². The van der Waals surface area contributed by atoms with Crippen LogP contribution in [-0.2, 0) is 4.79 Å². The summed E-state index contributed by atoms with van der Waals surface area (Å²) in [4.78, 5) is 9.87. The molecule has 0 aliphatic heterocycles. The Hall–Kier alpha value is 0.710. The van der Waals surface area contributed by atoms with Gasteiger partial charge in [0.2, 0.25) is 0 Å². The molecule has 0 unspecified atom stereocenters. The number of thiocarbonyl (C=S) groups is 1. The van der Waals surface area contributed by atoms with Gasteiger partial charge < -0.3 is 10.4 Å². The minimum atomic E-state index is -0.841. The monoisotopic (exact) mass is 188 g/mol. The fraction of sp³-hybridized carbons (Fsp3) is 0.500. The van der Waals surface area contributed by atoms with E-state index in [9.17, 15) is 4.79 Å². The summed E-state index contributed by atoms with van der Waals surface area (Å²) in [6.07, 6.45) is 0.0701. The molecule has 0 atom stereocenters. The van der Waals surface area contributed by atoms with Gasteiger partial charge in [0, 0.05) is 36.1 Å². The Bertz CT molecular complexity index is 116. The van der Waals surface area contributed by atoms with Gasteiger partial charge in [-0.15, -0.1) is 12.6 Å². The molecule has 0 bridgehead atoms. The van der Waals surface area contributed by atoms with Crippen molar-refractivity contribution < 1.29 is 9.90 Å². The number of hydrogen-bond donors (Lipinski definition) is 3. The molecule has 1 radical (unpaired) electrons. The molecule has 0 aliphatic carbocycles. The fourth-order valence-corrected chi connectivity index (χ4v) is 0.490. The Morgan fingerprint density at radius 2 is 2.20 bits per heavy atom. The maximum Gasteiger partial charge on any atom is 0.305 e. The molecule has 0 spiro atoms. The Kier molecular flexibility index (Phi) is 10.4. The normalized spacial score (nSPS) is 7.70. The molecule has 2 N–H and O–H groups in total. The predicted molar refractivity (Wildman–Crippen MR) is 47.6 cm³/mol. The molecule has 0 heterocycles. The quantitative estimate of drug-likeness (QED) is 0.328. The first-order chi connectivity index (χ1) is 4.13. The van der Waals surface area contributed by atoms with Crippen molar-refractivity contribution in [3.63, 3.8) is 0 Å². The molecule has 0 aromatic heterocycles. The molecule has 10 heavy (non-hydrogen) atoms. The summed E-state index contributed by atoms with van der Waals surface area (Å²) in [7, 11) is 0. The summed E-state index contributed by atoms with van der Waals surface area (Å²) in [6.45, 7) is 0.345. The topological polar surface area (TPSA) is 49.3 Å². The van der Waals surface area contributed by atoms with Crippen molar-refractivity contribution in [2.75, 3.05) is 6.54 Å². The Morgan fingerprint density at radius 3 is 2.50 bits per heavy atom. The first kappa shape index (κ1) is 13.3. The average Bonchev–Trinajstić information content (AvgIpc) is 1.63. The number of hydrogen-bond acceptors (Lipinski definition) is 2. The van der Waals surface area contributed by atoms with Gasteiger partial charge in [0.1, 0.15) is 4.32 Å². The van der Waals surface area contributed by atoms with Crippen LogP contribution >= 0.6 is 24.8 Å². The van der Waals surface area contributed by atoms with E-state index in [2.05, 4.69) is 30.2 Å². The smallest absolute Gasteiger partial charge is 0.305 e. The van der Waals surface area contributed by atoms with Crippen LogP contribution in [-0.4, -0.2) is 51.5 Å². The maximum absolute atomic E-state index is 9.87. The van der Waals surface area contributed by atoms with Crippen molar-refractivity contribution in [2.45, 2.75) is 6.42 Å². The molecule has 0 saturated heterocycles. The second-order valence-corrected chi connectivity index (χ2v) is 2.53. The zero-order chi connectivity index (χ0) is 7.28. The van der Waals surface area contributed by atoms with Gasteiger partial charge in [-0.25, -0.2) is 0 Å². The molecular formula is C4H7NNaO2S2. The largest absolute Gasteiger partial charge is 0.481 e. The average molecular weight is 188 g/mol. The number of carbonyl (C=O) groups is 1. The van der Waals surface area contributed by atoms with Gasteiger partial charge in [-0.3, -0.25) is 4.79 Å². The van der Waals surface area contributed by atoms with Crippen LogP contribution in [0.4, 0.5) is 0 Å².